The van der Waals surface area contributed by atoms with Gasteiger partial charge < -0.3 is 58.3 Å². The number of carbonyl (C=O) groups is 11. The number of rotatable bonds is 44. The summed E-state index contributed by atoms with van der Waals surface area (Å²) in [4.78, 5) is 154. The maximum absolute atomic E-state index is 14.1. The standard InChI is InChI=1S/C52H91N13O15/c1-8-10-12-14-16-18-20-22-35(47(74)59-36(45(53)72)27-43(68)69)58-49(76)38(28-44(70)71)61-51(78)41(26-32(5)6)65-52(79)40(30-80-65)63-48(75)37(25-31(3)4)60-50(77)39(29-66)62-46(73)34(21-19-17-15-13-11-9-2)57-42(56-33(7)67)23-24-55-64-54/h31-32,34-42,54,57,66H,8-30H2,1-7H3,(H10-,53,56,58,59,60,61,62,63,67,68,69,70,71,72,73,74,75,76,77,78)/p+1/t34-,35-,36-,37-,38-,39-,40-,41-,42?/m0/s1. The molecule has 14 N–H and O–H groups in total. The molecule has 1 aliphatic rings. The average Bonchev–Trinajstić information content (AvgIpc) is 3.73. The highest BCUT2D eigenvalue weighted by atomic mass is 16.7. The van der Waals surface area contributed by atoms with Gasteiger partial charge in [-0.3, -0.25) is 62.9 Å². The van der Waals surface area contributed by atoms with Gasteiger partial charge in [-0.2, -0.15) is 0 Å². The van der Waals surface area contributed by atoms with Gasteiger partial charge >= 0.3 is 11.9 Å². The maximum Gasteiger partial charge on any atom is 0.305 e. The smallest absolute Gasteiger partial charge is 0.305 e. The second kappa shape index (κ2) is 39.7. The second-order valence-electron chi connectivity index (χ2n) is 21.1. The first-order chi connectivity index (χ1) is 37.9. The third-order valence-corrected chi connectivity index (χ3v) is 13.0. The fourth-order valence-corrected chi connectivity index (χ4v) is 8.77. The van der Waals surface area contributed by atoms with Crippen LogP contribution >= 0.6 is 0 Å². The molecule has 0 aromatic heterocycles. The molecule has 28 nitrogen and oxygen atoms in total. The molecule has 80 heavy (non-hydrogen) atoms. The van der Waals surface area contributed by atoms with Crippen LogP contribution in [0.4, 0.5) is 0 Å². The topological polar surface area (TPSA) is 433 Å². The number of hydrogen-bond acceptors (Lipinski definition) is 16. The molecule has 0 aliphatic carbocycles. The van der Waals surface area contributed by atoms with Gasteiger partial charge in [0.15, 0.2) is 0 Å². The van der Waals surface area contributed by atoms with Gasteiger partial charge in [0.05, 0.1) is 31.7 Å². The zero-order valence-electron chi connectivity index (χ0n) is 47.8. The van der Waals surface area contributed by atoms with Gasteiger partial charge in [0, 0.05) is 13.3 Å². The molecule has 1 unspecified atom stereocenters. The van der Waals surface area contributed by atoms with Crippen molar-refractivity contribution in [2.45, 2.75) is 231 Å². The van der Waals surface area contributed by atoms with Crippen LogP contribution in [0, 0.1) is 17.4 Å². The first-order valence-corrected chi connectivity index (χ1v) is 28.1. The minimum absolute atomic E-state index is 0.0123. The fraction of sp³-hybridized carbons (Fsp3) is 0.788. The predicted molar refractivity (Wildman–Crippen MR) is 290 cm³/mol. The Bertz CT molecular complexity index is 2080. The lowest BCUT2D eigenvalue weighted by molar-refractivity contribution is -0.180. The number of amides is 9. The largest absolute Gasteiger partial charge is 0.481 e. The second-order valence-corrected chi connectivity index (χ2v) is 21.1. The van der Waals surface area contributed by atoms with Crippen molar-refractivity contribution in [2.24, 2.45) is 22.7 Å². The van der Waals surface area contributed by atoms with Crippen LogP contribution in [-0.4, -0.2) is 160 Å². The van der Waals surface area contributed by atoms with Crippen LogP contribution in [-0.2, 0) is 57.6 Å². The van der Waals surface area contributed by atoms with E-state index in [-0.39, 0.29) is 44.1 Å². The van der Waals surface area contributed by atoms with Crippen molar-refractivity contribution in [3.05, 3.63) is 0 Å². The highest BCUT2D eigenvalue weighted by Crippen LogP contribution is 2.21. The molecule has 28 heteroatoms. The van der Waals surface area contributed by atoms with E-state index in [9.17, 15) is 68.1 Å². The summed E-state index contributed by atoms with van der Waals surface area (Å²) in [5.41, 5.74) is 12.3. The first-order valence-electron chi connectivity index (χ1n) is 28.1. The highest BCUT2D eigenvalue weighted by molar-refractivity contribution is 5.99. The summed E-state index contributed by atoms with van der Waals surface area (Å²) in [5.74, 6) is -11.6. The molecule has 454 valence electrons. The molecule has 1 fully saturated rings. The number of carbonyl (C=O) groups excluding carboxylic acids is 9. The van der Waals surface area contributed by atoms with E-state index in [1.54, 1.807) is 27.7 Å². The predicted octanol–water partition coefficient (Wildman–Crippen LogP) is 0.809. The lowest BCUT2D eigenvalue weighted by Crippen LogP contribution is -2.60. The van der Waals surface area contributed by atoms with Gasteiger partial charge in [0.2, 0.25) is 52.2 Å². The van der Waals surface area contributed by atoms with E-state index in [1.807, 2.05) is 0 Å². The van der Waals surface area contributed by atoms with Crippen molar-refractivity contribution >= 4 is 65.1 Å². The van der Waals surface area contributed by atoms with E-state index in [1.165, 1.54) is 6.92 Å². The number of hydrogen-bond donors (Lipinski definition) is 13. The highest BCUT2D eigenvalue weighted by Gasteiger charge is 2.44. The Morgan fingerprint density at radius 2 is 1.09 bits per heavy atom. The monoisotopic (exact) mass is 1140 g/mol. The van der Waals surface area contributed by atoms with E-state index in [2.05, 4.69) is 66.4 Å². The number of hydroxylamine groups is 2. The lowest BCUT2D eigenvalue weighted by Gasteiger charge is -2.29. The van der Waals surface area contributed by atoms with Gasteiger partial charge in [-0.15, -0.1) is 0 Å². The van der Waals surface area contributed by atoms with Crippen molar-refractivity contribution in [3.8, 4) is 0 Å². The van der Waals surface area contributed by atoms with Crippen LogP contribution in [0.15, 0.2) is 5.11 Å². The number of aliphatic hydroxyl groups excluding tert-OH is 1. The number of carboxylic acid groups (broad SMARTS) is 2. The Morgan fingerprint density at radius 1 is 0.625 bits per heavy atom. The number of nitrogens with one attached hydrogen (secondary N) is 9. The van der Waals surface area contributed by atoms with E-state index in [0.29, 0.717) is 30.7 Å². The molecule has 0 radical (unpaired) electrons. The van der Waals surface area contributed by atoms with Gasteiger partial charge in [-0.25, -0.2) is 5.06 Å². The molecule has 0 bridgehead atoms. The molecule has 1 saturated heterocycles. The number of nitrogens with two attached hydrogens (primary N) is 1. The van der Waals surface area contributed by atoms with E-state index >= 15 is 0 Å². The summed E-state index contributed by atoms with van der Waals surface area (Å²) >= 11 is 0. The molecule has 1 rings (SSSR count). The Morgan fingerprint density at radius 3 is 1.60 bits per heavy atom. The Labute approximate surface area is 468 Å². The summed E-state index contributed by atoms with van der Waals surface area (Å²) < 4.78 is 0. The zero-order chi connectivity index (χ0) is 60.3. The molecule has 1 heterocycles. The number of unbranched alkanes of at least 4 members (excludes halogenated alkanes) is 11. The van der Waals surface area contributed by atoms with Crippen molar-refractivity contribution in [1.29, 1.82) is 5.53 Å². The van der Waals surface area contributed by atoms with Crippen molar-refractivity contribution in [1.82, 2.24) is 52.5 Å². The summed E-state index contributed by atoms with van der Waals surface area (Å²) in [6.07, 6.45) is 9.01. The number of aliphatic carboxylic acids is 2. The van der Waals surface area contributed by atoms with Gasteiger partial charge in [0.25, 0.3) is 5.91 Å². The first kappa shape index (κ1) is 71.4. The van der Waals surface area contributed by atoms with Crippen LogP contribution < -0.4 is 53.2 Å². The average molecular weight is 1140 g/mol. The van der Waals surface area contributed by atoms with Crippen LogP contribution in [0.1, 0.15) is 177 Å². The third kappa shape index (κ3) is 29.0. The molecule has 9 amide bonds. The Hall–Kier alpha value is -6.64. The molecule has 0 aromatic carbocycles. The van der Waals surface area contributed by atoms with Gasteiger partial charge in [0.1, 0.15) is 66.1 Å². The Balaban J connectivity index is 3.36. The molecule has 0 spiro atoms. The SMILES string of the molecule is CCCCCCCCC[C@H](NC(=O)[C@H](CC(=O)O)NC(=O)[C@H](CC(C)C)N1OC[C@H](NC(=O)[C@H](CC(C)C)NC(=O)[C@H](CO)NC(=O)[C@H](CCCCCCCC)NC(CCN=[N+]=N)NC(C)=O)C1=O)C(=O)N[C@@H](CC(=O)O)C(N)=O. The van der Waals surface area contributed by atoms with Crippen molar-refractivity contribution in [2.75, 3.05) is 19.8 Å². The number of nitrogens with zero attached hydrogens (tertiary/aromatic N) is 3. The maximum atomic E-state index is 14.1. The van der Waals surface area contributed by atoms with E-state index in [4.69, 9.17) is 16.1 Å². The number of carboxylic acids is 2. The van der Waals surface area contributed by atoms with Crippen LogP contribution in [0.5, 0.6) is 0 Å². The number of aliphatic hydroxyl groups is 1. The summed E-state index contributed by atoms with van der Waals surface area (Å²) in [5, 5.41) is 54.4. The third-order valence-electron chi connectivity index (χ3n) is 13.0. The van der Waals surface area contributed by atoms with Gasteiger partial charge in [-0.1, -0.05) is 125 Å². The molecule has 0 aromatic rings. The normalized spacial score (nSPS) is 16.1. The van der Waals surface area contributed by atoms with Crippen molar-refractivity contribution in [3.63, 3.8) is 0 Å². The Kier molecular flexibility index (Phi) is 35.4. The molecular formula is C52H92N13O15+. The van der Waals surface area contributed by atoms with Crippen LogP contribution in [0.2, 0.25) is 0 Å². The minimum Gasteiger partial charge on any atom is -0.481 e. The number of primary amides is 1. The summed E-state index contributed by atoms with van der Waals surface area (Å²) in [7, 11) is 0. The van der Waals surface area contributed by atoms with Crippen molar-refractivity contribution < 1.29 is 72.9 Å². The van der Waals surface area contributed by atoms with E-state index < -0.39 is 146 Å². The van der Waals surface area contributed by atoms with Crippen LogP contribution in [0.25, 0.3) is 0 Å². The molecular weight excluding hydrogens is 1050 g/mol. The lowest BCUT2D eigenvalue weighted by atomic mass is 10.0. The van der Waals surface area contributed by atoms with E-state index in [0.717, 1.165) is 64.2 Å². The molecule has 0 saturated carbocycles. The quantitative estimate of drug-likeness (QED) is 0.0174. The zero-order valence-corrected chi connectivity index (χ0v) is 47.8. The summed E-state index contributed by atoms with van der Waals surface area (Å²) in [6, 6.07) is -11.7. The van der Waals surface area contributed by atoms with Gasteiger partial charge in [-0.05, 0) is 37.5 Å². The van der Waals surface area contributed by atoms with Crippen LogP contribution in [0.3, 0.4) is 0 Å². The molecule has 1 aliphatic heterocycles. The fourth-order valence-electron chi connectivity index (χ4n) is 8.77. The molecule has 9 atom stereocenters. The minimum atomic E-state index is -1.84. The summed E-state index contributed by atoms with van der Waals surface area (Å²) in [6.45, 7) is 11.1.